The number of likely N-dealkylation sites (N-methyl/N-ethyl adjacent to an activating group) is 1. The predicted molar refractivity (Wildman–Crippen MR) is 119 cm³/mol. The molecule has 3 rings (SSSR count). The van der Waals surface area contributed by atoms with E-state index >= 15 is 0 Å². The number of hydrogen-bond donors (Lipinski definition) is 2. The lowest BCUT2D eigenvalue weighted by Gasteiger charge is -2.33. The summed E-state index contributed by atoms with van der Waals surface area (Å²) in [6.07, 6.45) is 1.74. The highest BCUT2D eigenvalue weighted by atomic mass is 16.3. The average Bonchev–Trinajstić information content (AvgIpc) is 2.74. The molecular weight excluding hydrogens is 348 g/mol. The van der Waals surface area contributed by atoms with Crippen LogP contribution in [0.2, 0.25) is 0 Å². The monoisotopic (exact) mass is 381 g/mol. The van der Waals surface area contributed by atoms with E-state index < -0.39 is 0 Å². The van der Waals surface area contributed by atoms with Gasteiger partial charge in [0.15, 0.2) is 0 Å². The number of hydrogen-bond acceptors (Lipinski definition) is 4. The van der Waals surface area contributed by atoms with Gasteiger partial charge in [-0.3, -0.25) is 4.99 Å². The highest BCUT2D eigenvalue weighted by Gasteiger charge is 2.18. The van der Waals surface area contributed by atoms with Crippen LogP contribution in [0, 0.1) is 0 Å². The molecule has 2 aromatic carbocycles. The van der Waals surface area contributed by atoms with Crippen molar-refractivity contribution < 1.29 is 10.0 Å². The Bertz CT molecular complexity index is 776. The number of rotatable bonds is 7. The van der Waals surface area contributed by atoms with Gasteiger partial charge in [-0.05, 0) is 57.2 Å². The molecule has 0 atom stereocenters. The number of benzene rings is 2. The number of aliphatic imine (C=N–C) groups is 1. The Morgan fingerprint density at radius 1 is 1.04 bits per heavy atom. The molecule has 0 spiro atoms. The molecule has 0 amide bonds. The third kappa shape index (κ3) is 4.84. The van der Waals surface area contributed by atoms with Crippen LogP contribution in [0.5, 0.6) is 5.75 Å². The fraction of sp³-hybridized carbons (Fsp3) is 0.435. The maximum absolute atomic E-state index is 10.3. The van der Waals surface area contributed by atoms with E-state index in [9.17, 15) is 5.11 Å². The molecular formula is C23H33N4O+. The number of nitrogens with one attached hydrogen (secondary N) is 1. The van der Waals surface area contributed by atoms with Crippen molar-refractivity contribution in [2.24, 2.45) is 4.99 Å². The summed E-state index contributed by atoms with van der Waals surface area (Å²) < 4.78 is 0. The summed E-state index contributed by atoms with van der Waals surface area (Å²) >= 11 is 0. The van der Waals surface area contributed by atoms with Gasteiger partial charge in [0.25, 0.3) is 0 Å². The molecule has 1 heterocycles. The van der Waals surface area contributed by atoms with Crippen LogP contribution in [0.4, 0.5) is 17.1 Å². The minimum Gasteiger partial charge on any atom is -0.507 e. The van der Waals surface area contributed by atoms with Crippen LogP contribution >= 0.6 is 0 Å². The summed E-state index contributed by atoms with van der Waals surface area (Å²) in [5, 5.41) is 10.3. The molecule has 28 heavy (non-hydrogen) atoms. The molecule has 0 aromatic heterocycles. The Morgan fingerprint density at radius 2 is 1.71 bits per heavy atom. The van der Waals surface area contributed by atoms with Gasteiger partial charge in [-0.15, -0.1) is 0 Å². The third-order valence-corrected chi connectivity index (χ3v) is 5.68. The molecule has 2 aromatic rings. The van der Waals surface area contributed by atoms with E-state index in [0.717, 1.165) is 43.1 Å². The maximum Gasteiger partial charge on any atom is 0.126 e. The van der Waals surface area contributed by atoms with Crippen molar-refractivity contribution in [3.05, 3.63) is 48.0 Å². The number of nitrogens with zero attached hydrogens (tertiary/aromatic N) is 3. The fourth-order valence-corrected chi connectivity index (χ4v) is 3.75. The summed E-state index contributed by atoms with van der Waals surface area (Å²) in [4.78, 5) is 10.9. The van der Waals surface area contributed by atoms with Crippen molar-refractivity contribution in [1.82, 2.24) is 0 Å². The average molecular weight is 382 g/mol. The van der Waals surface area contributed by atoms with Crippen molar-refractivity contribution in [2.45, 2.75) is 20.8 Å². The lowest BCUT2D eigenvalue weighted by Crippen LogP contribution is -3.14. The highest BCUT2D eigenvalue weighted by Crippen LogP contribution is 2.25. The lowest BCUT2D eigenvalue weighted by atomic mass is 10.1. The molecule has 150 valence electrons. The molecule has 5 heteroatoms. The van der Waals surface area contributed by atoms with Gasteiger partial charge in [-0.2, -0.15) is 0 Å². The van der Waals surface area contributed by atoms with E-state index in [0.29, 0.717) is 0 Å². The van der Waals surface area contributed by atoms with E-state index in [1.165, 1.54) is 25.3 Å². The van der Waals surface area contributed by atoms with Gasteiger partial charge >= 0.3 is 0 Å². The Morgan fingerprint density at radius 3 is 2.29 bits per heavy atom. The Balaban J connectivity index is 1.65. The van der Waals surface area contributed by atoms with Crippen LogP contribution in [-0.2, 0) is 0 Å². The Labute approximate surface area is 168 Å². The van der Waals surface area contributed by atoms with Gasteiger partial charge in [0.1, 0.15) is 5.75 Å². The Hall–Kier alpha value is -2.53. The largest absolute Gasteiger partial charge is 0.507 e. The molecule has 0 aliphatic carbocycles. The molecule has 1 aliphatic heterocycles. The number of piperazine rings is 1. The van der Waals surface area contributed by atoms with Gasteiger partial charge in [0.2, 0.25) is 0 Å². The van der Waals surface area contributed by atoms with Crippen LogP contribution < -0.4 is 14.7 Å². The zero-order valence-electron chi connectivity index (χ0n) is 17.4. The van der Waals surface area contributed by atoms with Crippen LogP contribution in [0.3, 0.4) is 0 Å². The summed E-state index contributed by atoms with van der Waals surface area (Å²) in [6.45, 7) is 14.2. The molecule has 0 radical (unpaired) electrons. The van der Waals surface area contributed by atoms with Gasteiger partial charge in [-0.1, -0.05) is 0 Å². The summed E-state index contributed by atoms with van der Waals surface area (Å²) in [5.41, 5.74) is 3.93. The van der Waals surface area contributed by atoms with Crippen molar-refractivity contribution in [3.63, 3.8) is 0 Å². The zero-order valence-corrected chi connectivity index (χ0v) is 17.4. The molecule has 2 N–H and O–H groups in total. The normalized spacial score (nSPS) is 15.3. The fourth-order valence-electron chi connectivity index (χ4n) is 3.75. The van der Waals surface area contributed by atoms with Crippen molar-refractivity contribution in [1.29, 1.82) is 0 Å². The van der Waals surface area contributed by atoms with E-state index in [-0.39, 0.29) is 5.75 Å². The minimum absolute atomic E-state index is 0.265. The second-order valence-electron chi connectivity index (χ2n) is 7.28. The first-order chi connectivity index (χ1) is 13.6. The van der Waals surface area contributed by atoms with Crippen molar-refractivity contribution in [2.75, 3.05) is 55.6 Å². The van der Waals surface area contributed by atoms with Gasteiger partial charge in [0.05, 0.1) is 38.4 Å². The first-order valence-electron chi connectivity index (χ1n) is 10.4. The number of aromatic hydroxyl groups is 1. The predicted octanol–water partition coefficient (Wildman–Crippen LogP) is 2.71. The van der Waals surface area contributed by atoms with E-state index in [4.69, 9.17) is 0 Å². The van der Waals surface area contributed by atoms with Crippen molar-refractivity contribution in [3.8, 4) is 5.75 Å². The SMILES string of the molecule is CCN(CC)c1ccc(C=Nc2ccc(N3CC[NH+](CC)CC3)cc2)c(O)c1. The zero-order chi connectivity index (χ0) is 19.9. The van der Waals surface area contributed by atoms with E-state index in [1.54, 1.807) is 11.1 Å². The van der Waals surface area contributed by atoms with Gasteiger partial charge < -0.3 is 19.8 Å². The second-order valence-corrected chi connectivity index (χ2v) is 7.28. The van der Waals surface area contributed by atoms with E-state index in [1.807, 2.05) is 30.3 Å². The first kappa shape index (κ1) is 20.2. The van der Waals surface area contributed by atoms with Crippen molar-refractivity contribution >= 4 is 23.3 Å². The quantitative estimate of drug-likeness (QED) is 0.725. The Kier molecular flexibility index (Phi) is 6.93. The topological polar surface area (TPSA) is 43.5 Å². The molecule has 5 nitrogen and oxygen atoms in total. The molecule has 0 saturated carbocycles. The van der Waals surface area contributed by atoms with E-state index in [2.05, 4.69) is 47.7 Å². The van der Waals surface area contributed by atoms with Crippen LogP contribution in [0.25, 0.3) is 0 Å². The standard InChI is InChI=1S/C23H32N4O/c1-4-25-13-15-27(16-14-25)21-11-8-20(9-12-21)24-18-19-7-10-22(17-23(19)28)26(5-2)6-3/h7-12,17-18,28H,4-6,13-16H2,1-3H3/p+1. The molecule has 0 unspecified atom stereocenters. The van der Waals surface area contributed by atoms with Gasteiger partial charge in [-0.25, -0.2) is 0 Å². The molecule has 1 aliphatic rings. The highest BCUT2D eigenvalue weighted by molar-refractivity contribution is 5.86. The lowest BCUT2D eigenvalue weighted by molar-refractivity contribution is -0.898. The molecule has 0 bridgehead atoms. The maximum atomic E-state index is 10.3. The second kappa shape index (κ2) is 9.60. The number of phenols is 1. The number of anilines is 2. The first-order valence-corrected chi connectivity index (χ1v) is 10.4. The van der Waals surface area contributed by atoms with Gasteiger partial charge in [0, 0.05) is 42.3 Å². The molecule has 1 fully saturated rings. The van der Waals surface area contributed by atoms with Crippen LogP contribution in [-0.4, -0.2) is 57.1 Å². The number of quaternary nitrogens is 1. The summed E-state index contributed by atoms with van der Waals surface area (Å²) in [6, 6.07) is 14.2. The number of phenolic OH excluding ortho intramolecular Hbond substituents is 1. The summed E-state index contributed by atoms with van der Waals surface area (Å²) in [7, 11) is 0. The third-order valence-electron chi connectivity index (χ3n) is 5.68. The smallest absolute Gasteiger partial charge is 0.126 e. The van der Waals surface area contributed by atoms with Crippen LogP contribution in [0.1, 0.15) is 26.3 Å². The minimum atomic E-state index is 0.265. The summed E-state index contributed by atoms with van der Waals surface area (Å²) in [5.74, 6) is 0.265. The van der Waals surface area contributed by atoms with Crippen LogP contribution in [0.15, 0.2) is 47.5 Å². The molecule has 1 saturated heterocycles.